The van der Waals surface area contributed by atoms with Crippen molar-refractivity contribution in [2.75, 3.05) is 0 Å². The molecule has 2 atom stereocenters. The van der Waals surface area contributed by atoms with Crippen LogP contribution in [0.1, 0.15) is 12.8 Å². The largest absolute Gasteiger partial charge is 2.00 e. The summed E-state index contributed by atoms with van der Waals surface area (Å²) in [5.74, 6) is -9.14. The molecule has 0 heterocycles. The molecule has 13 nitrogen and oxygen atoms in total. The van der Waals surface area contributed by atoms with E-state index in [4.69, 9.17) is 30.6 Å². The van der Waals surface area contributed by atoms with Crippen molar-refractivity contribution in [1.29, 1.82) is 0 Å². The maximum absolute atomic E-state index is 10.3. The summed E-state index contributed by atoms with van der Waals surface area (Å²) in [6.07, 6.45) is -7.17. The number of hydrogen-bond donors (Lipinski definition) is 6. The Morgan fingerprint density at radius 2 is 1.04 bits per heavy atom. The van der Waals surface area contributed by atoms with Gasteiger partial charge in [0.25, 0.3) is 0 Å². The number of hydrogen-bond acceptors (Lipinski definition) is 10. The molecule has 6 N–H and O–H groups in total. The van der Waals surface area contributed by atoms with Crippen LogP contribution in [0.4, 0.5) is 0 Å². The average molecular weight is 380 g/mol. The molecule has 0 bridgehead atoms. The van der Waals surface area contributed by atoms with Gasteiger partial charge < -0.3 is 50.4 Å². The second kappa shape index (κ2) is 11.9. The third kappa shape index (κ3) is 11.1. The van der Waals surface area contributed by atoms with E-state index >= 15 is 0 Å². The average Bonchev–Trinajstić information content (AvgIpc) is 2.35. The summed E-state index contributed by atoms with van der Waals surface area (Å²) in [6, 6.07) is 0. The molecule has 0 spiro atoms. The third-order valence-electron chi connectivity index (χ3n) is 2.07. The van der Waals surface area contributed by atoms with E-state index in [1.807, 2.05) is 0 Å². The van der Waals surface area contributed by atoms with Crippen molar-refractivity contribution < 1.29 is 64.8 Å². The van der Waals surface area contributed by atoms with Gasteiger partial charge >= 0.3 is 55.6 Å². The molecule has 2 unspecified atom stereocenters. The molecule has 0 radical (unpaired) electrons. The first-order valence-electron chi connectivity index (χ1n) is 5.41. The summed E-state index contributed by atoms with van der Waals surface area (Å²) in [5, 5.41) is 69.5. The minimum atomic E-state index is -2.74. The van der Waals surface area contributed by atoms with Crippen molar-refractivity contribution in [2.24, 2.45) is 0 Å². The van der Waals surface area contributed by atoms with Crippen molar-refractivity contribution in [3.05, 3.63) is 0 Å². The summed E-state index contributed by atoms with van der Waals surface area (Å²) < 4.78 is 0. The Balaban J connectivity index is -0.000000364. The molecule has 0 aromatic heterocycles. The van der Waals surface area contributed by atoms with Gasteiger partial charge in [-0.15, -0.1) is 0 Å². The van der Waals surface area contributed by atoms with Gasteiger partial charge in [0.15, 0.2) is 5.60 Å². The Hall–Kier alpha value is -1.51. The molecule has 0 saturated carbocycles. The number of aliphatic hydroxyl groups excluding tert-OH is 2. The zero-order valence-corrected chi connectivity index (χ0v) is 14.0. The molecule has 0 amide bonds. The zero-order valence-electron chi connectivity index (χ0n) is 11.8. The summed E-state index contributed by atoms with van der Waals surface area (Å²) in [6.45, 7) is 0. The quantitative estimate of drug-likeness (QED) is 0.214. The summed E-state index contributed by atoms with van der Waals surface area (Å²) >= 11 is 0. The van der Waals surface area contributed by atoms with Gasteiger partial charge in [0.1, 0.15) is 12.2 Å². The normalized spacial score (nSPS) is 12.5. The Kier molecular flexibility index (Phi) is 13.6. The van der Waals surface area contributed by atoms with Gasteiger partial charge in [-0.3, -0.25) is 9.59 Å². The second-order valence-electron chi connectivity index (χ2n) is 4.01. The van der Waals surface area contributed by atoms with Crippen molar-refractivity contribution in [3.8, 4) is 0 Å². The molecule has 0 aliphatic carbocycles. The number of carboxylic acids is 5. The topological polar surface area (TPSA) is 253 Å². The predicted molar refractivity (Wildman–Crippen MR) is 64.9 cm³/mol. The Morgan fingerprint density at radius 1 is 0.792 bits per heavy atom. The number of rotatable bonds is 8. The molecule has 0 aromatic carbocycles. The maximum Gasteiger partial charge on any atom is 2.00 e. The molecule has 0 aliphatic rings. The van der Waals surface area contributed by atoms with Gasteiger partial charge in [-0.1, -0.05) is 0 Å². The van der Waals surface area contributed by atoms with Gasteiger partial charge in [-0.05, 0) is 0 Å². The Bertz CT molecular complexity index is 453. The van der Waals surface area contributed by atoms with E-state index in [1.54, 1.807) is 0 Å². The van der Waals surface area contributed by atoms with Crippen LogP contribution in [-0.2, 0) is 24.0 Å². The number of carbonyl (C=O) groups is 5. The number of carboxylic acid groups (broad SMARTS) is 5. The first-order chi connectivity index (χ1) is 10.2. The van der Waals surface area contributed by atoms with Crippen LogP contribution in [0.3, 0.4) is 0 Å². The molecule has 0 rings (SSSR count). The number of aliphatic carboxylic acids is 5. The van der Waals surface area contributed by atoms with Crippen LogP contribution in [0, 0.1) is 0 Å². The molecular weight excluding hydrogens is 368 g/mol. The number of aliphatic hydroxyl groups is 3. The maximum atomic E-state index is 10.3. The van der Waals surface area contributed by atoms with E-state index in [-0.39, 0.29) is 37.7 Å². The SMILES string of the molecule is O=C(O)CC(O)(CC(=O)O)C(=O)O.O=C([O-])C(O)C(O)C(=O)[O-].[Ca+2]. The van der Waals surface area contributed by atoms with Gasteiger partial charge in [0, 0.05) is 0 Å². The Labute approximate surface area is 162 Å². The summed E-state index contributed by atoms with van der Waals surface area (Å²) in [4.78, 5) is 49.8. The second-order valence-corrected chi connectivity index (χ2v) is 4.01. The van der Waals surface area contributed by atoms with E-state index in [0.29, 0.717) is 0 Å². The smallest absolute Gasteiger partial charge is 0.547 e. The summed E-state index contributed by atoms with van der Waals surface area (Å²) in [7, 11) is 0. The van der Waals surface area contributed by atoms with Crippen LogP contribution in [-0.4, -0.2) is 116 Å². The van der Waals surface area contributed by atoms with E-state index in [1.165, 1.54) is 0 Å². The zero-order chi connectivity index (χ0) is 19.0. The fourth-order valence-electron chi connectivity index (χ4n) is 0.972. The fraction of sp³-hybridized carbons (Fsp3) is 0.500. The molecule has 0 fully saturated rings. The van der Waals surface area contributed by atoms with Crippen LogP contribution < -0.4 is 10.2 Å². The number of carbonyl (C=O) groups excluding carboxylic acids is 2. The van der Waals surface area contributed by atoms with E-state index in [0.717, 1.165) is 0 Å². The van der Waals surface area contributed by atoms with E-state index in [2.05, 4.69) is 0 Å². The molecule has 132 valence electrons. The monoisotopic (exact) mass is 380 g/mol. The van der Waals surface area contributed by atoms with Crippen LogP contribution in [0.25, 0.3) is 0 Å². The first-order valence-corrected chi connectivity index (χ1v) is 5.41. The van der Waals surface area contributed by atoms with Gasteiger partial charge in [0.2, 0.25) is 0 Å². The van der Waals surface area contributed by atoms with Crippen molar-refractivity contribution >= 4 is 67.6 Å². The molecule has 0 saturated heterocycles. The first kappa shape index (κ1) is 27.3. The van der Waals surface area contributed by atoms with Gasteiger partial charge in [-0.25, -0.2) is 4.79 Å². The predicted octanol–water partition coefficient (Wildman–Crippen LogP) is -6.42. The minimum Gasteiger partial charge on any atom is -0.547 e. The van der Waals surface area contributed by atoms with Crippen molar-refractivity contribution in [2.45, 2.75) is 30.7 Å². The van der Waals surface area contributed by atoms with Crippen LogP contribution in [0.2, 0.25) is 0 Å². The van der Waals surface area contributed by atoms with E-state index < -0.39 is 60.5 Å². The molecule has 0 aromatic rings. The summed E-state index contributed by atoms with van der Waals surface area (Å²) in [5.41, 5.74) is -2.74. The van der Waals surface area contributed by atoms with Crippen LogP contribution in [0.15, 0.2) is 0 Å². The minimum absolute atomic E-state index is 0. The van der Waals surface area contributed by atoms with Crippen molar-refractivity contribution in [3.63, 3.8) is 0 Å². The van der Waals surface area contributed by atoms with Gasteiger partial charge in [-0.2, -0.15) is 0 Å². The van der Waals surface area contributed by atoms with Crippen LogP contribution in [0.5, 0.6) is 0 Å². The fourth-order valence-corrected chi connectivity index (χ4v) is 0.972. The molecule has 0 aliphatic heterocycles. The van der Waals surface area contributed by atoms with E-state index in [9.17, 15) is 34.2 Å². The molecular formula is C10H12CaO13. The van der Waals surface area contributed by atoms with Gasteiger partial charge in [0.05, 0.1) is 24.8 Å². The van der Waals surface area contributed by atoms with Crippen LogP contribution >= 0.6 is 0 Å². The molecule has 24 heavy (non-hydrogen) atoms. The Morgan fingerprint density at radius 3 is 1.17 bits per heavy atom. The van der Waals surface area contributed by atoms with Crippen molar-refractivity contribution in [1.82, 2.24) is 0 Å². The standard InChI is InChI=1S/C6H8O7.C4H6O6.Ca/c7-3(8)1-6(13,5(11)12)2-4(9)10;5-1(3(7)8)2(6)4(9)10;/h13H,1-2H2,(H,7,8)(H,9,10)(H,11,12);1-2,5-6H,(H,7,8)(H,9,10);/q;;+2/p-2. The third-order valence-corrected chi connectivity index (χ3v) is 2.07. The molecule has 14 heteroatoms.